The van der Waals surface area contributed by atoms with Crippen molar-refractivity contribution in [3.63, 3.8) is 0 Å². The number of carbonyl (C=O) groups excluding carboxylic acids is 1. The fourth-order valence-corrected chi connectivity index (χ4v) is 3.13. The first kappa shape index (κ1) is 7.62. The van der Waals surface area contributed by atoms with Gasteiger partial charge >= 0.3 is 0 Å². The van der Waals surface area contributed by atoms with Crippen LogP contribution in [0.3, 0.4) is 0 Å². The summed E-state index contributed by atoms with van der Waals surface area (Å²) in [6.45, 7) is 0.872. The largest absolute Gasteiger partial charge is 0.299 e. The van der Waals surface area contributed by atoms with E-state index in [9.17, 15) is 4.79 Å². The first-order chi connectivity index (χ1) is 5.38. The SMILES string of the molecule is O=C1CCNSC2CCCC12. The second-order valence-electron chi connectivity index (χ2n) is 3.30. The van der Waals surface area contributed by atoms with Crippen LogP contribution in [0.5, 0.6) is 0 Å². The number of hydrogen-bond donors (Lipinski definition) is 1. The zero-order chi connectivity index (χ0) is 7.68. The van der Waals surface area contributed by atoms with Gasteiger partial charge in [-0.05, 0) is 12.8 Å². The lowest BCUT2D eigenvalue weighted by atomic mass is 10.0. The molecule has 0 bridgehead atoms. The van der Waals surface area contributed by atoms with Crippen molar-refractivity contribution >= 4 is 17.7 Å². The van der Waals surface area contributed by atoms with Crippen LogP contribution in [-0.4, -0.2) is 17.6 Å². The van der Waals surface area contributed by atoms with Gasteiger partial charge < -0.3 is 0 Å². The molecule has 0 amide bonds. The van der Waals surface area contributed by atoms with Crippen LogP contribution >= 0.6 is 11.9 Å². The van der Waals surface area contributed by atoms with Crippen LogP contribution in [0.2, 0.25) is 0 Å². The third kappa shape index (κ3) is 1.44. The Balaban J connectivity index is 2.09. The van der Waals surface area contributed by atoms with Gasteiger partial charge in [-0.3, -0.25) is 9.52 Å². The molecule has 3 heteroatoms. The van der Waals surface area contributed by atoms with Crippen molar-refractivity contribution in [3.8, 4) is 0 Å². The predicted octanol–water partition coefficient (Wildman–Crippen LogP) is 1.37. The molecule has 0 aromatic carbocycles. The molecule has 0 aromatic heterocycles. The molecule has 2 nitrogen and oxygen atoms in total. The van der Waals surface area contributed by atoms with Crippen LogP contribution in [0.25, 0.3) is 0 Å². The zero-order valence-electron chi connectivity index (χ0n) is 6.51. The van der Waals surface area contributed by atoms with E-state index in [1.807, 2.05) is 0 Å². The third-order valence-electron chi connectivity index (χ3n) is 2.57. The number of ketones is 1. The van der Waals surface area contributed by atoms with Gasteiger partial charge in [0.1, 0.15) is 5.78 Å². The highest BCUT2D eigenvalue weighted by molar-refractivity contribution is 7.98. The number of Topliss-reactive ketones (excluding diaryl/α,β-unsaturated/α-hetero) is 1. The van der Waals surface area contributed by atoms with Crippen molar-refractivity contribution in [1.29, 1.82) is 0 Å². The molecule has 1 aliphatic carbocycles. The second kappa shape index (κ2) is 3.15. The normalized spacial score (nSPS) is 38.4. The maximum absolute atomic E-state index is 11.4. The Morgan fingerprint density at radius 1 is 1.45 bits per heavy atom. The lowest BCUT2D eigenvalue weighted by molar-refractivity contribution is -0.122. The molecule has 62 valence electrons. The van der Waals surface area contributed by atoms with Gasteiger partial charge in [0.05, 0.1) is 0 Å². The van der Waals surface area contributed by atoms with Gasteiger partial charge in [0.25, 0.3) is 0 Å². The fourth-order valence-electron chi connectivity index (χ4n) is 1.96. The standard InChI is InChI=1S/C8H13NOS/c10-7-4-5-9-11-8-3-1-2-6(7)8/h6,8-9H,1-5H2. The van der Waals surface area contributed by atoms with Gasteiger partial charge in [-0.15, -0.1) is 0 Å². The molecule has 2 unspecified atom stereocenters. The van der Waals surface area contributed by atoms with E-state index in [1.54, 1.807) is 11.9 Å². The number of hydrogen-bond acceptors (Lipinski definition) is 3. The highest BCUT2D eigenvalue weighted by Crippen LogP contribution is 2.36. The van der Waals surface area contributed by atoms with E-state index in [1.165, 1.54) is 12.8 Å². The Bertz CT molecular complexity index is 171. The van der Waals surface area contributed by atoms with Gasteiger partial charge in [0, 0.05) is 24.1 Å². The molecule has 0 aromatic rings. The van der Waals surface area contributed by atoms with Gasteiger partial charge in [-0.25, -0.2) is 0 Å². The molecule has 2 fully saturated rings. The van der Waals surface area contributed by atoms with E-state index in [4.69, 9.17) is 0 Å². The number of nitrogens with one attached hydrogen (secondary N) is 1. The Morgan fingerprint density at radius 3 is 3.27 bits per heavy atom. The molecule has 0 radical (unpaired) electrons. The van der Waals surface area contributed by atoms with Crippen molar-refractivity contribution in [1.82, 2.24) is 4.72 Å². The summed E-state index contributed by atoms with van der Waals surface area (Å²) in [7, 11) is 0. The molecule has 1 saturated carbocycles. The summed E-state index contributed by atoms with van der Waals surface area (Å²) in [6.07, 6.45) is 4.36. The zero-order valence-corrected chi connectivity index (χ0v) is 7.32. The number of rotatable bonds is 0. The lowest BCUT2D eigenvalue weighted by Gasteiger charge is -2.12. The summed E-state index contributed by atoms with van der Waals surface area (Å²) >= 11 is 1.79. The summed E-state index contributed by atoms with van der Waals surface area (Å²) in [5, 5.41) is 0.588. The molecule has 1 aliphatic heterocycles. The van der Waals surface area contributed by atoms with E-state index in [0.717, 1.165) is 19.4 Å². The fraction of sp³-hybridized carbons (Fsp3) is 0.875. The van der Waals surface area contributed by atoms with Crippen molar-refractivity contribution in [2.75, 3.05) is 6.54 Å². The monoisotopic (exact) mass is 171 g/mol. The van der Waals surface area contributed by atoms with E-state index in [-0.39, 0.29) is 0 Å². The van der Waals surface area contributed by atoms with Crippen molar-refractivity contribution < 1.29 is 4.79 Å². The van der Waals surface area contributed by atoms with E-state index < -0.39 is 0 Å². The van der Waals surface area contributed by atoms with Crippen LogP contribution in [-0.2, 0) is 4.79 Å². The highest BCUT2D eigenvalue weighted by atomic mass is 32.2. The van der Waals surface area contributed by atoms with E-state index in [0.29, 0.717) is 17.0 Å². The number of fused-ring (bicyclic) bond motifs is 1. The third-order valence-corrected chi connectivity index (χ3v) is 3.81. The van der Waals surface area contributed by atoms with E-state index >= 15 is 0 Å². The first-order valence-electron chi connectivity index (χ1n) is 4.29. The Hall–Kier alpha value is -0.0200. The Kier molecular flexibility index (Phi) is 2.18. The van der Waals surface area contributed by atoms with Crippen molar-refractivity contribution in [2.45, 2.75) is 30.9 Å². The minimum Gasteiger partial charge on any atom is -0.299 e. The molecule has 2 atom stereocenters. The second-order valence-corrected chi connectivity index (χ2v) is 4.43. The average molecular weight is 171 g/mol. The maximum Gasteiger partial charge on any atom is 0.138 e. The van der Waals surface area contributed by atoms with E-state index in [2.05, 4.69) is 4.72 Å². The topological polar surface area (TPSA) is 29.1 Å². The molecule has 0 spiro atoms. The molecular weight excluding hydrogens is 158 g/mol. The van der Waals surface area contributed by atoms with Crippen LogP contribution in [0.15, 0.2) is 0 Å². The molecule has 1 heterocycles. The Labute approximate surface area is 71.3 Å². The smallest absolute Gasteiger partial charge is 0.138 e. The van der Waals surface area contributed by atoms with Gasteiger partial charge in [-0.2, -0.15) is 0 Å². The molecule has 1 saturated heterocycles. The summed E-state index contributed by atoms with van der Waals surface area (Å²) in [5.41, 5.74) is 0. The summed E-state index contributed by atoms with van der Waals surface area (Å²) in [5.74, 6) is 0.875. The highest BCUT2D eigenvalue weighted by Gasteiger charge is 2.34. The molecule has 2 rings (SSSR count). The van der Waals surface area contributed by atoms with Crippen LogP contribution in [0.4, 0.5) is 0 Å². The first-order valence-corrected chi connectivity index (χ1v) is 5.17. The molecule has 11 heavy (non-hydrogen) atoms. The van der Waals surface area contributed by atoms with Crippen LogP contribution in [0, 0.1) is 5.92 Å². The summed E-state index contributed by atoms with van der Waals surface area (Å²) in [6, 6.07) is 0. The van der Waals surface area contributed by atoms with Gasteiger partial charge in [0.2, 0.25) is 0 Å². The molecular formula is C8H13NOS. The minimum atomic E-state index is 0.384. The van der Waals surface area contributed by atoms with Gasteiger partial charge in [0.15, 0.2) is 0 Å². The minimum absolute atomic E-state index is 0.384. The van der Waals surface area contributed by atoms with Crippen LogP contribution < -0.4 is 4.72 Å². The van der Waals surface area contributed by atoms with Gasteiger partial charge in [-0.1, -0.05) is 18.4 Å². The molecule has 1 N–H and O–H groups in total. The summed E-state index contributed by atoms with van der Waals surface area (Å²) < 4.78 is 3.24. The predicted molar refractivity (Wildman–Crippen MR) is 46.3 cm³/mol. The quantitative estimate of drug-likeness (QED) is 0.558. The molecule has 2 aliphatic rings. The van der Waals surface area contributed by atoms with Crippen molar-refractivity contribution in [3.05, 3.63) is 0 Å². The average Bonchev–Trinajstić information content (AvgIpc) is 2.40. The Morgan fingerprint density at radius 2 is 2.36 bits per heavy atom. The summed E-state index contributed by atoms with van der Waals surface area (Å²) in [4.78, 5) is 11.4. The maximum atomic E-state index is 11.4. The van der Waals surface area contributed by atoms with Crippen molar-refractivity contribution in [2.24, 2.45) is 5.92 Å². The van der Waals surface area contributed by atoms with Crippen LogP contribution in [0.1, 0.15) is 25.7 Å². The lowest BCUT2D eigenvalue weighted by Crippen LogP contribution is -2.18. The number of carbonyl (C=O) groups is 1.